The molecule has 15 heavy (non-hydrogen) atoms. The smallest absolute Gasteiger partial charge is 0.0553 e. The number of piperidine rings is 1. The summed E-state index contributed by atoms with van der Waals surface area (Å²) in [5.74, 6) is 1.41. The number of hydrogen-bond donors (Lipinski definition) is 2. The summed E-state index contributed by atoms with van der Waals surface area (Å²) < 4.78 is 0. The highest BCUT2D eigenvalue weighted by atomic mass is 16.3. The van der Waals surface area contributed by atoms with Crippen molar-refractivity contribution in [2.45, 2.75) is 38.3 Å². The van der Waals surface area contributed by atoms with Crippen LogP contribution in [0.3, 0.4) is 0 Å². The molecule has 1 saturated heterocycles. The molecule has 0 aromatic carbocycles. The fraction of sp³-hybridized carbons (Fsp3) is 1.00. The van der Waals surface area contributed by atoms with Crippen molar-refractivity contribution in [2.75, 3.05) is 26.7 Å². The van der Waals surface area contributed by atoms with Gasteiger partial charge in [-0.15, -0.1) is 0 Å². The predicted octanol–water partition coefficient (Wildman–Crippen LogP) is 0.687. The van der Waals surface area contributed by atoms with Gasteiger partial charge in [-0.3, -0.25) is 0 Å². The minimum Gasteiger partial charge on any atom is -0.393 e. The molecule has 0 aromatic heterocycles. The monoisotopic (exact) mass is 212 g/mol. The number of likely N-dealkylation sites (tertiary alicyclic amines) is 1. The van der Waals surface area contributed by atoms with Crippen LogP contribution in [-0.4, -0.2) is 48.8 Å². The summed E-state index contributed by atoms with van der Waals surface area (Å²) in [4.78, 5) is 2.54. The van der Waals surface area contributed by atoms with Crippen LogP contribution in [0.1, 0.15) is 26.2 Å². The molecule has 2 N–H and O–H groups in total. The molecule has 0 radical (unpaired) electrons. The van der Waals surface area contributed by atoms with Crippen molar-refractivity contribution < 1.29 is 5.11 Å². The first-order chi connectivity index (χ1) is 7.19. The standard InChI is InChI=1S/C12H24N2O/c1-9(15)11-5-12(13-2)8-14(7-11)6-10-3-4-10/h9-13,15H,3-8H2,1-2H3. The highest BCUT2D eigenvalue weighted by Gasteiger charge is 2.32. The normalized spacial score (nSPS) is 35.4. The Kier molecular flexibility index (Phi) is 3.65. The van der Waals surface area contributed by atoms with Crippen molar-refractivity contribution in [1.29, 1.82) is 0 Å². The Morgan fingerprint density at radius 3 is 2.67 bits per heavy atom. The minimum absolute atomic E-state index is 0.164. The van der Waals surface area contributed by atoms with E-state index < -0.39 is 0 Å². The van der Waals surface area contributed by atoms with Gasteiger partial charge >= 0.3 is 0 Å². The lowest BCUT2D eigenvalue weighted by Gasteiger charge is -2.39. The van der Waals surface area contributed by atoms with Gasteiger partial charge in [0.15, 0.2) is 0 Å². The Labute approximate surface area is 92.8 Å². The van der Waals surface area contributed by atoms with E-state index in [2.05, 4.69) is 10.2 Å². The number of nitrogens with one attached hydrogen (secondary N) is 1. The average Bonchev–Trinajstić information content (AvgIpc) is 3.01. The second-order valence-electron chi connectivity index (χ2n) is 5.38. The summed E-state index contributed by atoms with van der Waals surface area (Å²) in [5.41, 5.74) is 0. The maximum absolute atomic E-state index is 9.70. The van der Waals surface area contributed by atoms with E-state index in [1.165, 1.54) is 19.4 Å². The van der Waals surface area contributed by atoms with Crippen LogP contribution in [0.25, 0.3) is 0 Å². The van der Waals surface area contributed by atoms with Crippen molar-refractivity contribution in [3.63, 3.8) is 0 Å². The molecular formula is C12H24N2O. The summed E-state index contributed by atoms with van der Waals surface area (Å²) in [6.07, 6.45) is 3.79. The molecular weight excluding hydrogens is 188 g/mol. The maximum Gasteiger partial charge on any atom is 0.0553 e. The van der Waals surface area contributed by atoms with Crippen LogP contribution in [0, 0.1) is 11.8 Å². The van der Waals surface area contributed by atoms with Crippen molar-refractivity contribution >= 4 is 0 Å². The molecule has 0 spiro atoms. The Balaban J connectivity index is 1.87. The van der Waals surface area contributed by atoms with Crippen LogP contribution in [0.15, 0.2) is 0 Å². The van der Waals surface area contributed by atoms with Gasteiger partial charge in [0.1, 0.15) is 0 Å². The molecule has 3 atom stereocenters. The number of hydrogen-bond acceptors (Lipinski definition) is 3. The van der Waals surface area contributed by atoms with E-state index in [1.807, 2.05) is 14.0 Å². The lowest BCUT2D eigenvalue weighted by atomic mass is 9.90. The molecule has 2 rings (SSSR count). The van der Waals surface area contributed by atoms with E-state index in [1.54, 1.807) is 0 Å². The van der Waals surface area contributed by atoms with Gasteiger partial charge in [-0.2, -0.15) is 0 Å². The Bertz CT molecular complexity index is 204. The van der Waals surface area contributed by atoms with Gasteiger partial charge in [-0.05, 0) is 45.1 Å². The van der Waals surface area contributed by atoms with E-state index in [0.29, 0.717) is 12.0 Å². The van der Waals surface area contributed by atoms with Crippen LogP contribution in [0.4, 0.5) is 0 Å². The first-order valence-corrected chi connectivity index (χ1v) is 6.26. The second-order valence-corrected chi connectivity index (χ2v) is 5.38. The van der Waals surface area contributed by atoms with Crippen LogP contribution >= 0.6 is 0 Å². The topological polar surface area (TPSA) is 35.5 Å². The largest absolute Gasteiger partial charge is 0.393 e. The van der Waals surface area contributed by atoms with Gasteiger partial charge in [0, 0.05) is 25.7 Å². The zero-order valence-electron chi connectivity index (χ0n) is 9.95. The predicted molar refractivity (Wildman–Crippen MR) is 61.8 cm³/mol. The van der Waals surface area contributed by atoms with Crippen LogP contribution < -0.4 is 5.32 Å². The molecule has 2 fully saturated rings. The molecule has 3 nitrogen and oxygen atoms in total. The van der Waals surface area contributed by atoms with E-state index in [9.17, 15) is 5.11 Å². The van der Waals surface area contributed by atoms with Gasteiger partial charge < -0.3 is 15.3 Å². The first-order valence-electron chi connectivity index (χ1n) is 6.26. The van der Waals surface area contributed by atoms with Gasteiger partial charge in [-0.25, -0.2) is 0 Å². The Morgan fingerprint density at radius 1 is 1.40 bits per heavy atom. The lowest BCUT2D eigenvalue weighted by molar-refractivity contribution is 0.0477. The number of nitrogens with zero attached hydrogens (tertiary/aromatic N) is 1. The molecule has 1 aliphatic carbocycles. The van der Waals surface area contributed by atoms with Crippen LogP contribution in [-0.2, 0) is 0 Å². The third-order valence-electron chi connectivity index (χ3n) is 3.86. The zero-order valence-corrected chi connectivity index (χ0v) is 9.95. The molecule has 0 aromatic rings. The third-order valence-corrected chi connectivity index (χ3v) is 3.86. The number of likely N-dealkylation sites (N-methyl/N-ethyl adjacent to an activating group) is 1. The molecule has 0 bridgehead atoms. The molecule has 1 aliphatic heterocycles. The summed E-state index contributed by atoms with van der Waals surface area (Å²) >= 11 is 0. The van der Waals surface area contributed by atoms with E-state index in [0.717, 1.165) is 25.4 Å². The third kappa shape index (κ3) is 3.16. The summed E-state index contributed by atoms with van der Waals surface area (Å²) in [5, 5.41) is 13.1. The van der Waals surface area contributed by atoms with Crippen molar-refractivity contribution in [3.05, 3.63) is 0 Å². The van der Waals surface area contributed by atoms with Gasteiger partial charge in [0.2, 0.25) is 0 Å². The molecule has 88 valence electrons. The zero-order chi connectivity index (χ0) is 10.8. The highest BCUT2D eigenvalue weighted by molar-refractivity contribution is 4.87. The molecule has 2 aliphatic rings. The number of aliphatic hydroxyl groups is 1. The summed E-state index contributed by atoms with van der Waals surface area (Å²) in [6, 6.07) is 0.567. The van der Waals surface area contributed by atoms with E-state index in [-0.39, 0.29) is 6.10 Å². The minimum atomic E-state index is -0.164. The van der Waals surface area contributed by atoms with Gasteiger partial charge in [0.25, 0.3) is 0 Å². The molecule has 3 unspecified atom stereocenters. The first kappa shape index (κ1) is 11.4. The van der Waals surface area contributed by atoms with Crippen LogP contribution in [0.5, 0.6) is 0 Å². The fourth-order valence-corrected chi connectivity index (χ4v) is 2.61. The van der Waals surface area contributed by atoms with Gasteiger partial charge in [-0.1, -0.05) is 0 Å². The maximum atomic E-state index is 9.70. The SMILES string of the molecule is CNC1CC(C(C)O)CN(CC2CC2)C1. The number of rotatable bonds is 4. The molecule has 0 amide bonds. The van der Waals surface area contributed by atoms with Crippen molar-refractivity contribution in [3.8, 4) is 0 Å². The van der Waals surface area contributed by atoms with Crippen molar-refractivity contribution in [2.24, 2.45) is 11.8 Å². The Hall–Kier alpha value is -0.120. The van der Waals surface area contributed by atoms with E-state index in [4.69, 9.17) is 0 Å². The van der Waals surface area contributed by atoms with E-state index >= 15 is 0 Å². The quantitative estimate of drug-likeness (QED) is 0.719. The van der Waals surface area contributed by atoms with Crippen molar-refractivity contribution in [1.82, 2.24) is 10.2 Å². The summed E-state index contributed by atoms with van der Waals surface area (Å²) in [7, 11) is 2.03. The molecule has 1 heterocycles. The van der Waals surface area contributed by atoms with Crippen LogP contribution in [0.2, 0.25) is 0 Å². The fourth-order valence-electron chi connectivity index (χ4n) is 2.61. The van der Waals surface area contributed by atoms with Gasteiger partial charge in [0.05, 0.1) is 6.10 Å². The average molecular weight is 212 g/mol. The Morgan fingerprint density at radius 2 is 2.13 bits per heavy atom. The number of aliphatic hydroxyl groups excluding tert-OH is 1. The summed E-state index contributed by atoms with van der Waals surface area (Å²) in [6.45, 7) is 5.43. The highest BCUT2D eigenvalue weighted by Crippen LogP contribution is 2.31. The molecule has 3 heteroatoms. The lowest BCUT2D eigenvalue weighted by Crippen LogP contribution is -2.51. The molecule has 1 saturated carbocycles. The second kappa shape index (κ2) is 4.81.